The van der Waals surface area contributed by atoms with E-state index in [9.17, 15) is 18.0 Å². The van der Waals surface area contributed by atoms with Gasteiger partial charge in [-0.15, -0.1) is 0 Å². The monoisotopic (exact) mass is 613 g/mol. The molecular weight excluding hydrogens is 574 g/mol. The molecule has 1 atom stereocenters. The van der Waals surface area contributed by atoms with Gasteiger partial charge in [-0.25, -0.2) is 8.42 Å². The molecule has 0 aliphatic heterocycles. The fourth-order valence-corrected chi connectivity index (χ4v) is 6.15. The highest BCUT2D eigenvalue weighted by molar-refractivity contribution is 7.92. The van der Waals surface area contributed by atoms with Crippen LogP contribution in [0.3, 0.4) is 0 Å². The highest BCUT2D eigenvalue weighted by Crippen LogP contribution is 2.29. The molecule has 8 nitrogen and oxygen atoms in total. The van der Waals surface area contributed by atoms with Crippen LogP contribution in [0.1, 0.15) is 37.8 Å². The fraction of sp³-hybridized carbons (Fsp3) is 0.257. The first-order valence-electron chi connectivity index (χ1n) is 14.8. The maximum atomic E-state index is 14.2. The number of sulfonamides is 1. The van der Waals surface area contributed by atoms with Crippen LogP contribution in [-0.4, -0.2) is 44.3 Å². The van der Waals surface area contributed by atoms with Crippen LogP contribution in [0.2, 0.25) is 0 Å². The number of nitrogens with zero attached hydrogens (tertiary/aromatic N) is 2. The van der Waals surface area contributed by atoms with Crippen LogP contribution >= 0.6 is 0 Å². The lowest BCUT2D eigenvalue weighted by Crippen LogP contribution is -2.52. The molecule has 0 fully saturated rings. The zero-order chi connectivity index (χ0) is 31.5. The minimum Gasteiger partial charge on any atom is -0.457 e. The first-order valence-corrected chi connectivity index (χ1v) is 16.2. The quantitative estimate of drug-likeness (QED) is 0.180. The van der Waals surface area contributed by atoms with Gasteiger partial charge in [0, 0.05) is 13.1 Å². The Labute approximate surface area is 260 Å². The molecule has 230 valence electrons. The molecule has 0 saturated heterocycles. The summed E-state index contributed by atoms with van der Waals surface area (Å²) in [7, 11) is -4.17. The van der Waals surface area contributed by atoms with E-state index in [0.29, 0.717) is 30.2 Å². The van der Waals surface area contributed by atoms with E-state index in [0.717, 1.165) is 21.9 Å². The molecule has 9 heteroatoms. The van der Waals surface area contributed by atoms with Gasteiger partial charge in [-0.3, -0.25) is 13.9 Å². The van der Waals surface area contributed by atoms with Gasteiger partial charge in [0.25, 0.3) is 10.0 Å². The topological polar surface area (TPSA) is 96.0 Å². The van der Waals surface area contributed by atoms with Crippen molar-refractivity contribution in [3.8, 4) is 11.5 Å². The first-order chi connectivity index (χ1) is 21.2. The Morgan fingerprint density at radius 3 is 1.98 bits per heavy atom. The van der Waals surface area contributed by atoms with Crippen molar-refractivity contribution in [2.24, 2.45) is 0 Å². The number of carbonyl (C=O) groups excluding carboxylic acids is 2. The van der Waals surface area contributed by atoms with E-state index in [1.54, 1.807) is 36.4 Å². The Hall–Kier alpha value is -4.63. The number of amides is 2. The molecule has 0 aliphatic rings. The predicted octanol–water partition coefficient (Wildman–Crippen LogP) is 6.32. The molecule has 0 aliphatic carbocycles. The second-order valence-corrected chi connectivity index (χ2v) is 12.3. The molecule has 0 spiro atoms. The fourth-order valence-electron chi connectivity index (χ4n) is 4.74. The predicted molar refractivity (Wildman–Crippen MR) is 173 cm³/mol. The van der Waals surface area contributed by atoms with Gasteiger partial charge in [0.05, 0.1) is 10.6 Å². The Bertz CT molecular complexity index is 1610. The lowest BCUT2D eigenvalue weighted by atomic mass is 10.1. The number of hydrogen-bond acceptors (Lipinski definition) is 5. The largest absolute Gasteiger partial charge is 0.457 e. The van der Waals surface area contributed by atoms with E-state index < -0.39 is 28.5 Å². The average molecular weight is 614 g/mol. The van der Waals surface area contributed by atoms with Crippen molar-refractivity contribution in [2.75, 3.05) is 17.4 Å². The number of hydrogen-bond donors (Lipinski definition) is 1. The zero-order valence-corrected chi connectivity index (χ0v) is 26.2. The van der Waals surface area contributed by atoms with Gasteiger partial charge in [0.2, 0.25) is 11.8 Å². The minimum absolute atomic E-state index is 0.0582. The molecule has 0 unspecified atom stereocenters. The van der Waals surface area contributed by atoms with Crippen LogP contribution in [0, 0.1) is 6.92 Å². The molecule has 44 heavy (non-hydrogen) atoms. The molecule has 0 bridgehead atoms. The van der Waals surface area contributed by atoms with E-state index >= 15 is 0 Å². The molecule has 4 aromatic carbocycles. The van der Waals surface area contributed by atoms with E-state index in [1.165, 1.54) is 17.0 Å². The lowest BCUT2D eigenvalue weighted by molar-refractivity contribution is -0.140. The summed E-state index contributed by atoms with van der Waals surface area (Å²) in [6.07, 6.45) is 1.12. The van der Waals surface area contributed by atoms with Crippen LogP contribution < -0.4 is 14.4 Å². The number of benzene rings is 4. The van der Waals surface area contributed by atoms with Crippen molar-refractivity contribution in [3.05, 3.63) is 120 Å². The Morgan fingerprint density at radius 2 is 1.39 bits per heavy atom. The SMILES string of the molecule is CCCNC(=O)[C@@H](CC)N(Cc1ccccc1)C(=O)CN(c1ccc(Oc2ccccc2)cc1)S(=O)(=O)c1ccc(C)cc1. The first kappa shape index (κ1) is 32.3. The summed E-state index contributed by atoms with van der Waals surface area (Å²) >= 11 is 0. The van der Waals surface area contributed by atoms with Crippen LogP contribution in [0.15, 0.2) is 114 Å². The summed E-state index contributed by atoms with van der Waals surface area (Å²) in [5.41, 5.74) is 2.03. The Morgan fingerprint density at radius 1 is 0.795 bits per heavy atom. The van der Waals surface area contributed by atoms with Crippen molar-refractivity contribution in [3.63, 3.8) is 0 Å². The summed E-state index contributed by atoms with van der Waals surface area (Å²) in [5.74, 6) is 0.396. The number of ether oxygens (including phenoxy) is 1. The van der Waals surface area contributed by atoms with Crippen molar-refractivity contribution >= 4 is 27.5 Å². The number of aryl methyl sites for hydroxylation is 1. The van der Waals surface area contributed by atoms with Gasteiger partial charge >= 0.3 is 0 Å². The number of anilines is 1. The van der Waals surface area contributed by atoms with Gasteiger partial charge in [0.1, 0.15) is 24.1 Å². The number of rotatable bonds is 14. The number of carbonyl (C=O) groups is 2. The van der Waals surface area contributed by atoms with Crippen LogP contribution in [0.25, 0.3) is 0 Å². The molecule has 0 saturated carbocycles. The average Bonchev–Trinajstić information content (AvgIpc) is 3.04. The normalized spacial score (nSPS) is 11.8. The molecule has 0 radical (unpaired) electrons. The third kappa shape index (κ3) is 8.26. The van der Waals surface area contributed by atoms with Gasteiger partial charge in [-0.1, -0.05) is 80.1 Å². The van der Waals surface area contributed by atoms with E-state index in [-0.39, 0.29) is 17.3 Å². The van der Waals surface area contributed by atoms with Crippen molar-refractivity contribution in [1.82, 2.24) is 10.2 Å². The number of nitrogens with one attached hydrogen (secondary N) is 1. The molecule has 2 amide bonds. The highest BCUT2D eigenvalue weighted by atomic mass is 32.2. The van der Waals surface area contributed by atoms with Gasteiger partial charge in [0.15, 0.2) is 0 Å². The summed E-state index contributed by atoms with van der Waals surface area (Å²) in [6.45, 7) is 5.80. The third-order valence-electron chi connectivity index (χ3n) is 7.12. The molecule has 4 rings (SSSR count). The Kier molecular flexibility index (Phi) is 11.2. The van der Waals surface area contributed by atoms with Gasteiger partial charge in [-0.2, -0.15) is 0 Å². The molecule has 0 heterocycles. The van der Waals surface area contributed by atoms with Crippen molar-refractivity contribution in [1.29, 1.82) is 0 Å². The zero-order valence-electron chi connectivity index (χ0n) is 25.3. The highest BCUT2D eigenvalue weighted by Gasteiger charge is 2.33. The third-order valence-corrected chi connectivity index (χ3v) is 8.91. The second kappa shape index (κ2) is 15.2. The number of para-hydroxylation sites is 1. The second-order valence-electron chi connectivity index (χ2n) is 10.5. The summed E-state index contributed by atoms with van der Waals surface area (Å²) < 4.78 is 35.2. The maximum absolute atomic E-state index is 14.2. The standard InChI is InChI=1S/C35H39N3O5S/c1-4-24-36-35(40)33(5-2)37(25-28-12-8-6-9-13-28)34(39)26-38(44(41,42)32-22-16-27(3)17-23-32)29-18-20-31(21-19-29)43-30-14-10-7-11-15-30/h6-23,33H,4-5,24-26H2,1-3H3,(H,36,40)/t33-/m1/s1. The molecule has 0 aromatic heterocycles. The van der Waals surface area contributed by atoms with Crippen molar-refractivity contribution in [2.45, 2.75) is 51.1 Å². The van der Waals surface area contributed by atoms with Crippen LogP contribution in [0.4, 0.5) is 5.69 Å². The van der Waals surface area contributed by atoms with Gasteiger partial charge in [-0.05, 0) is 73.9 Å². The van der Waals surface area contributed by atoms with E-state index in [1.807, 2.05) is 81.4 Å². The molecule has 4 aromatic rings. The molecule has 1 N–H and O–H groups in total. The minimum atomic E-state index is -4.17. The van der Waals surface area contributed by atoms with Gasteiger partial charge < -0.3 is 15.0 Å². The summed E-state index contributed by atoms with van der Waals surface area (Å²) in [5, 5.41) is 2.90. The van der Waals surface area contributed by atoms with Crippen molar-refractivity contribution < 1.29 is 22.7 Å². The molecular formula is C35H39N3O5S. The Balaban J connectivity index is 1.71. The lowest BCUT2D eigenvalue weighted by Gasteiger charge is -2.33. The maximum Gasteiger partial charge on any atom is 0.264 e. The summed E-state index contributed by atoms with van der Waals surface area (Å²) in [4.78, 5) is 28.9. The van der Waals surface area contributed by atoms with Crippen LogP contribution in [0.5, 0.6) is 11.5 Å². The summed E-state index contributed by atoms with van der Waals surface area (Å²) in [6, 6.07) is 30.9. The smallest absolute Gasteiger partial charge is 0.264 e. The van der Waals surface area contributed by atoms with Crippen LogP contribution in [-0.2, 0) is 26.2 Å². The van der Waals surface area contributed by atoms with E-state index in [2.05, 4.69) is 5.32 Å². The van der Waals surface area contributed by atoms with E-state index in [4.69, 9.17) is 4.74 Å².